The molecule has 3 atom stereocenters. The summed E-state index contributed by atoms with van der Waals surface area (Å²) in [6.07, 6.45) is 5.40. The van der Waals surface area contributed by atoms with Gasteiger partial charge in [0.25, 0.3) is 0 Å². The van der Waals surface area contributed by atoms with Crippen LogP contribution < -0.4 is 5.32 Å². The average Bonchev–Trinajstić information content (AvgIpc) is 2.29. The number of nitrogens with zero attached hydrogens (tertiary/aromatic N) is 1. The average molecular weight is 228 g/mol. The van der Waals surface area contributed by atoms with E-state index in [2.05, 4.69) is 31.1 Å². The van der Waals surface area contributed by atoms with E-state index in [-0.39, 0.29) is 12.1 Å². The third kappa shape index (κ3) is 3.44. The molecule has 0 radical (unpaired) electrons. The van der Waals surface area contributed by atoms with Crippen LogP contribution in [0.25, 0.3) is 0 Å². The minimum atomic E-state index is -0.175. The molecule has 3 heteroatoms. The van der Waals surface area contributed by atoms with E-state index in [1.807, 2.05) is 7.05 Å². The highest BCUT2D eigenvalue weighted by Crippen LogP contribution is 2.28. The number of aliphatic hydroxyl groups is 1. The molecule has 0 aliphatic heterocycles. The summed E-state index contributed by atoms with van der Waals surface area (Å²) in [6, 6.07) is 0.688. The predicted octanol–water partition coefficient (Wildman–Crippen LogP) is 1.47. The molecule has 0 saturated heterocycles. The Balaban J connectivity index is 2.52. The van der Waals surface area contributed by atoms with Crippen LogP contribution in [0.15, 0.2) is 0 Å². The van der Waals surface area contributed by atoms with E-state index in [0.717, 1.165) is 12.5 Å². The minimum absolute atomic E-state index is 0.175. The maximum Gasteiger partial charge on any atom is 0.0623 e. The fourth-order valence-electron chi connectivity index (χ4n) is 2.83. The standard InChI is InChI=1S/C13H28N2O/c1-11-7-5-6-8-12(11)15(4)9-13(2,10-16)14-3/h11-12,14,16H,5-10H2,1-4H3. The van der Waals surface area contributed by atoms with Gasteiger partial charge in [0.2, 0.25) is 0 Å². The number of nitrogens with one attached hydrogen (secondary N) is 1. The molecule has 1 saturated carbocycles. The molecule has 0 heterocycles. The predicted molar refractivity (Wildman–Crippen MR) is 68.6 cm³/mol. The van der Waals surface area contributed by atoms with Crippen LogP contribution in [0.4, 0.5) is 0 Å². The topological polar surface area (TPSA) is 35.5 Å². The zero-order chi connectivity index (χ0) is 12.2. The van der Waals surface area contributed by atoms with Gasteiger partial charge < -0.3 is 15.3 Å². The van der Waals surface area contributed by atoms with Crippen molar-refractivity contribution in [2.75, 3.05) is 27.2 Å². The van der Waals surface area contributed by atoms with Gasteiger partial charge in [-0.15, -0.1) is 0 Å². The van der Waals surface area contributed by atoms with Gasteiger partial charge in [-0.25, -0.2) is 0 Å². The van der Waals surface area contributed by atoms with Gasteiger partial charge in [-0.2, -0.15) is 0 Å². The lowest BCUT2D eigenvalue weighted by atomic mass is 9.84. The van der Waals surface area contributed by atoms with Crippen LogP contribution in [0.5, 0.6) is 0 Å². The van der Waals surface area contributed by atoms with Gasteiger partial charge in [0.05, 0.1) is 12.1 Å². The maximum atomic E-state index is 9.41. The third-order valence-electron chi connectivity index (χ3n) is 4.18. The van der Waals surface area contributed by atoms with Crippen molar-refractivity contribution in [1.82, 2.24) is 10.2 Å². The molecule has 3 nitrogen and oxygen atoms in total. The Morgan fingerprint density at radius 2 is 2.00 bits per heavy atom. The first kappa shape index (κ1) is 13.9. The number of likely N-dealkylation sites (N-methyl/N-ethyl adjacent to an activating group) is 2. The summed E-state index contributed by atoms with van der Waals surface area (Å²) in [7, 11) is 4.12. The second kappa shape index (κ2) is 5.99. The molecule has 0 aromatic rings. The Bertz CT molecular complexity index is 204. The van der Waals surface area contributed by atoms with Crippen molar-refractivity contribution in [2.24, 2.45) is 5.92 Å². The van der Waals surface area contributed by atoms with Crippen LogP contribution in [0.1, 0.15) is 39.5 Å². The molecule has 0 amide bonds. The van der Waals surface area contributed by atoms with E-state index in [9.17, 15) is 5.11 Å². The van der Waals surface area contributed by atoms with E-state index in [4.69, 9.17) is 0 Å². The van der Waals surface area contributed by atoms with Gasteiger partial charge in [0, 0.05) is 12.6 Å². The fourth-order valence-corrected chi connectivity index (χ4v) is 2.83. The SMILES string of the molecule is CNC(C)(CO)CN(C)C1CCCCC1C. The Labute approximate surface area is 100 Å². The van der Waals surface area contributed by atoms with Gasteiger partial charge in [0.1, 0.15) is 0 Å². The van der Waals surface area contributed by atoms with Crippen LogP contribution >= 0.6 is 0 Å². The van der Waals surface area contributed by atoms with Crippen molar-refractivity contribution in [1.29, 1.82) is 0 Å². The van der Waals surface area contributed by atoms with Crippen molar-refractivity contribution >= 4 is 0 Å². The van der Waals surface area contributed by atoms with Crippen LogP contribution in [0, 0.1) is 5.92 Å². The molecule has 1 aliphatic carbocycles. The largest absolute Gasteiger partial charge is 0.394 e. The van der Waals surface area contributed by atoms with Gasteiger partial charge in [0.15, 0.2) is 0 Å². The van der Waals surface area contributed by atoms with Gasteiger partial charge in [-0.1, -0.05) is 19.8 Å². The van der Waals surface area contributed by atoms with Crippen molar-refractivity contribution in [3.05, 3.63) is 0 Å². The summed E-state index contributed by atoms with van der Waals surface area (Å²) in [5.41, 5.74) is -0.175. The van der Waals surface area contributed by atoms with E-state index in [0.29, 0.717) is 6.04 Å². The van der Waals surface area contributed by atoms with Crippen molar-refractivity contribution in [3.8, 4) is 0 Å². The van der Waals surface area contributed by atoms with E-state index in [1.54, 1.807) is 0 Å². The quantitative estimate of drug-likeness (QED) is 0.748. The molecule has 1 fully saturated rings. The second-order valence-corrected chi connectivity index (χ2v) is 5.71. The Kier molecular flexibility index (Phi) is 5.22. The molecule has 16 heavy (non-hydrogen) atoms. The fraction of sp³-hybridized carbons (Fsp3) is 1.00. The smallest absolute Gasteiger partial charge is 0.0623 e. The monoisotopic (exact) mass is 228 g/mol. The molecule has 0 bridgehead atoms. The molecular weight excluding hydrogens is 200 g/mol. The third-order valence-corrected chi connectivity index (χ3v) is 4.18. The van der Waals surface area contributed by atoms with Crippen molar-refractivity contribution in [3.63, 3.8) is 0 Å². The second-order valence-electron chi connectivity index (χ2n) is 5.71. The first-order chi connectivity index (χ1) is 7.52. The zero-order valence-electron chi connectivity index (χ0n) is 11.3. The van der Waals surface area contributed by atoms with E-state index >= 15 is 0 Å². The van der Waals surface area contributed by atoms with Gasteiger partial charge in [-0.05, 0) is 39.8 Å². The minimum Gasteiger partial charge on any atom is -0.394 e. The number of rotatable bonds is 5. The lowest BCUT2D eigenvalue weighted by Crippen LogP contribution is -2.54. The first-order valence-electron chi connectivity index (χ1n) is 6.52. The van der Waals surface area contributed by atoms with Gasteiger partial charge >= 0.3 is 0 Å². The molecule has 1 rings (SSSR count). The first-order valence-corrected chi connectivity index (χ1v) is 6.52. The van der Waals surface area contributed by atoms with Crippen LogP contribution in [-0.2, 0) is 0 Å². The molecule has 3 unspecified atom stereocenters. The number of hydrogen-bond acceptors (Lipinski definition) is 3. The highest BCUT2D eigenvalue weighted by molar-refractivity contribution is 4.88. The molecule has 1 aliphatic rings. The highest BCUT2D eigenvalue weighted by atomic mass is 16.3. The zero-order valence-corrected chi connectivity index (χ0v) is 11.3. The lowest BCUT2D eigenvalue weighted by molar-refractivity contribution is 0.0809. The Morgan fingerprint density at radius 1 is 1.38 bits per heavy atom. The summed E-state index contributed by atoms with van der Waals surface area (Å²) in [5, 5.41) is 12.6. The molecular formula is C13H28N2O. The summed E-state index contributed by atoms with van der Waals surface area (Å²) < 4.78 is 0. The summed E-state index contributed by atoms with van der Waals surface area (Å²) >= 11 is 0. The Hall–Kier alpha value is -0.120. The van der Waals surface area contributed by atoms with Crippen LogP contribution in [0.2, 0.25) is 0 Å². The highest BCUT2D eigenvalue weighted by Gasteiger charge is 2.30. The van der Waals surface area contributed by atoms with Crippen molar-refractivity contribution < 1.29 is 5.11 Å². The number of aliphatic hydroxyl groups excluding tert-OH is 1. The molecule has 2 N–H and O–H groups in total. The van der Waals surface area contributed by atoms with Gasteiger partial charge in [-0.3, -0.25) is 0 Å². The normalized spacial score (nSPS) is 30.4. The molecule has 96 valence electrons. The molecule has 0 aromatic carbocycles. The summed E-state index contributed by atoms with van der Waals surface area (Å²) in [4.78, 5) is 2.43. The summed E-state index contributed by atoms with van der Waals surface area (Å²) in [6.45, 7) is 5.54. The van der Waals surface area contributed by atoms with Crippen LogP contribution in [-0.4, -0.2) is 48.8 Å². The van der Waals surface area contributed by atoms with Crippen molar-refractivity contribution in [2.45, 2.75) is 51.1 Å². The number of hydrogen-bond donors (Lipinski definition) is 2. The van der Waals surface area contributed by atoms with E-state index < -0.39 is 0 Å². The molecule has 0 spiro atoms. The summed E-state index contributed by atoms with van der Waals surface area (Å²) in [5.74, 6) is 0.790. The lowest BCUT2D eigenvalue weighted by Gasteiger charge is -2.40. The van der Waals surface area contributed by atoms with Crippen LogP contribution in [0.3, 0.4) is 0 Å². The maximum absolute atomic E-state index is 9.41. The molecule has 0 aromatic heterocycles. The van der Waals surface area contributed by atoms with E-state index in [1.165, 1.54) is 25.7 Å². The Morgan fingerprint density at radius 3 is 2.50 bits per heavy atom.